The topological polar surface area (TPSA) is 74.3 Å². The van der Waals surface area contributed by atoms with Crippen molar-refractivity contribution >= 4 is 16.4 Å². The van der Waals surface area contributed by atoms with Gasteiger partial charge in [-0.1, -0.05) is 6.92 Å². The Bertz CT molecular complexity index is 320. The van der Waals surface area contributed by atoms with Crippen LogP contribution < -0.4 is 0 Å². The molecule has 0 aromatic rings. The third kappa shape index (κ3) is 31.4. The predicted octanol–water partition coefficient (Wildman–Crippen LogP) is 0.459. The Morgan fingerprint density at radius 1 is 1.47 bits per heavy atom. The molecule has 0 bridgehead atoms. The number of quaternary nitrogens is 1. The van der Waals surface area contributed by atoms with E-state index in [0.29, 0.717) is 23.0 Å². The predicted molar refractivity (Wildman–Crippen MR) is 62.0 cm³/mol. The van der Waals surface area contributed by atoms with Gasteiger partial charge in [0.05, 0.1) is 16.7 Å². The summed E-state index contributed by atoms with van der Waals surface area (Å²) in [5.41, 5.74) is 0.449. The van der Waals surface area contributed by atoms with E-state index >= 15 is 0 Å². The van der Waals surface area contributed by atoms with Gasteiger partial charge in [0.2, 0.25) is 0 Å². The maximum Gasteiger partial charge on any atom is 3.00 e. The van der Waals surface area contributed by atoms with Crippen molar-refractivity contribution in [3.8, 4) is 0 Å². The van der Waals surface area contributed by atoms with Gasteiger partial charge in [0.15, 0.2) is 0 Å². The Hall–Kier alpha value is 0.384. The quantitative estimate of drug-likeness (QED) is 0.316. The minimum Gasteiger partial charge on any atom is -0.748 e. The summed E-state index contributed by atoms with van der Waals surface area (Å²) in [6.07, 6.45) is 1.96. The Morgan fingerprint density at radius 3 is 2.00 bits per heavy atom. The fourth-order valence-electron chi connectivity index (χ4n) is 0.669. The van der Waals surface area contributed by atoms with Crippen molar-refractivity contribution in [2.24, 2.45) is 0 Å². The summed E-state index contributed by atoms with van der Waals surface area (Å²) in [5, 5.41) is 0. The van der Waals surface area contributed by atoms with Crippen molar-refractivity contribution in [2.45, 2.75) is 13.3 Å². The van der Waals surface area contributed by atoms with Crippen molar-refractivity contribution in [3.05, 3.63) is 19.2 Å². The number of allylic oxidation sites excluding steroid dienone is 1. The number of hydrogen-bond donors (Lipinski definition) is 0. The molecule has 0 aliphatic rings. The summed E-state index contributed by atoms with van der Waals surface area (Å²) in [6.45, 7) is 5.45. The van der Waals surface area contributed by atoms with E-state index in [-0.39, 0.29) is 38.5 Å². The molecule has 17 heavy (non-hydrogen) atoms. The zero-order chi connectivity index (χ0) is 13.4. The zero-order valence-corrected chi connectivity index (χ0v) is 14.3. The first-order chi connectivity index (χ1) is 6.98. The average Bonchev–Trinajstić information content (AvgIpc) is 2.00. The van der Waals surface area contributed by atoms with Gasteiger partial charge in [0, 0.05) is 26.3 Å². The molecule has 0 atom stereocenters. The van der Waals surface area contributed by atoms with Crippen LogP contribution in [0.5, 0.6) is 0 Å². The fourth-order valence-corrected chi connectivity index (χ4v) is 1.15. The molecular formula is C10H19NO4SY+. The van der Waals surface area contributed by atoms with Crippen LogP contribution in [0.4, 0.5) is 0 Å². The van der Waals surface area contributed by atoms with E-state index in [0.717, 1.165) is 0 Å². The van der Waals surface area contributed by atoms with E-state index in [1.807, 2.05) is 14.1 Å². The molecule has 0 saturated carbocycles. The van der Waals surface area contributed by atoms with Crippen LogP contribution in [0.2, 0.25) is 0 Å². The van der Waals surface area contributed by atoms with Gasteiger partial charge in [-0.05, 0) is 6.29 Å². The summed E-state index contributed by atoms with van der Waals surface area (Å²) in [6, 6.07) is 0. The molecule has 0 aliphatic carbocycles. The largest absolute Gasteiger partial charge is 3.00 e. The van der Waals surface area contributed by atoms with Gasteiger partial charge >= 0.3 is 32.7 Å². The van der Waals surface area contributed by atoms with E-state index in [1.54, 1.807) is 13.2 Å². The Labute approximate surface area is 129 Å². The molecule has 0 unspecified atom stereocenters. The Kier molecular flexibility index (Phi) is 13.7. The van der Waals surface area contributed by atoms with Gasteiger partial charge < -0.3 is 13.8 Å². The smallest absolute Gasteiger partial charge is 0.748 e. The minimum absolute atomic E-state index is 0. The summed E-state index contributed by atoms with van der Waals surface area (Å²) < 4.78 is 30.8. The third-order valence-corrected chi connectivity index (χ3v) is 2.12. The van der Waals surface area contributed by atoms with Crippen LogP contribution in [-0.4, -0.2) is 50.1 Å². The van der Waals surface area contributed by atoms with Gasteiger partial charge in [0.1, 0.15) is 0 Å². The van der Waals surface area contributed by atoms with Crippen LogP contribution >= 0.6 is 0 Å². The standard InChI is InChI=1S/C6H15NO3S.C4H5O.Y/c1-7(2,3)5-4-6-11(8,9)10;1-4(2)3-5;/h1,4-6H2,2-3H3,(H,8,9,10);1H2,2H3;/q;-1;+3/p-1. The van der Waals surface area contributed by atoms with Crippen molar-refractivity contribution in [1.82, 2.24) is 0 Å². The van der Waals surface area contributed by atoms with Crippen LogP contribution in [0.25, 0.3) is 0 Å². The molecule has 0 rings (SSSR count). The second-order valence-corrected chi connectivity index (χ2v) is 5.68. The fraction of sp³-hybridized carbons (Fsp3) is 0.600. The third-order valence-electron chi connectivity index (χ3n) is 1.33. The molecule has 0 saturated heterocycles. The number of hydrogen-bond acceptors (Lipinski definition) is 4. The van der Waals surface area contributed by atoms with Crippen LogP contribution in [0.15, 0.2) is 12.2 Å². The maximum absolute atomic E-state index is 10.1. The minimum atomic E-state index is -4.03. The molecular weight excluding hydrogens is 319 g/mol. The summed E-state index contributed by atoms with van der Waals surface area (Å²) in [5.74, 6) is -0.288. The molecule has 0 radical (unpaired) electrons. The van der Waals surface area contributed by atoms with Crippen molar-refractivity contribution < 1.29 is 55.0 Å². The molecule has 0 spiro atoms. The molecule has 96 valence electrons. The molecule has 5 nitrogen and oxygen atoms in total. The van der Waals surface area contributed by atoms with E-state index in [2.05, 4.69) is 13.6 Å². The van der Waals surface area contributed by atoms with E-state index < -0.39 is 10.1 Å². The molecule has 0 fully saturated rings. The molecule has 7 heteroatoms. The molecule has 0 aromatic heterocycles. The monoisotopic (exact) mass is 338 g/mol. The number of nitrogens with zero attached hydrogens (tertiary/aromatic N) is 1. The van der Waals surface area contributed by atoms with Crippen LogP contribution in [0, 0.1) is 7.05 Å². The summed E-state index contributed by atoms with van der Waals surface area (Å²) >= 11 is 0. The van der Waals surface area contributed by atoms with E-state index in [9.17, 15) is 17.8 Å². The van der Waals surface area contributed by atoms with Gasteiger partial charge in [-0.25, -0.2) is 15.0 Å². The number of rotatable bonds is 5. The van der Waals surface area contributed by atoms with E-state index in [1.165, 1.54) is 0 Å². The average molecular weight is 338 g/mol. The first kappa shape index (κ1) is 22.6. The Morgan fingerprint density at radius 2 is 1.82 bits per heavy atom. The molecule has 0 aliphatic heterocycles. The van der Waals surface area contributed by atoms with Crippen LogP contribution in [0.1, 0.15) is 13.3 Å². The van der Waals surface area contributed by atoms with Gasteiger partial charge in [-0.15, -0.1) is 7.05 Å². The second kappa shape index (κ2) is 10.3. The van der Waals surface area contributed by atoms with Gasteiger partial charge in [-0.3, -0.25) is 0 Å². The zero-order valence-electron chi connectivity index (χ0n) is 10.6. The van der Waals surface area contributed by atoms with Crippen LogP contribution in [-0.2, 0) is 47.6 Å². The summed E-state index contributed by atoms with van der Waals surface area (Å²) in [4.78, 5) is 9.28. The van der Waals surface area contributed by atoms with E-state index in [4.69, 9.17) is 0 Å². The van der Waals surface area contributed by atoms with Crippen molar-refractivity contribution in [2.75, 3.05) is 26.4 Å². The summed E-state index contributed by atoms with van der Waals surface area (Å²) in [7, 11) is 3.39. The van der Waals surface area contributed by atoms with Gasteiger partial charge in [-0.2, -0.15) is 5.57 Å². The normalized spacial score (nSPS) is 10.6. The molecule has 0 N–H and O–H groups in total. The Balaban J connectivity index is -0.000000280. The van der Waals surface area contributed by atoms with Crippen molar-refractivity contribution in [1.29, 1.82) is 0 Å². The second-order valence-electron chi connectivity index (χ2n) is 4.16. The van der Waals surface area contributed by atoms with Crippen LogP contribution in [0.3, 0.4) is 0 Å². The first-order valence-corrected chi connectivity index (χ1v) is 6.20. The van der Waals surface area contributed by atoms with Gasteiger partial charge in [0.25, 0.3) is 0 Å². The van der Waals surface area contributed by atoms with Crippen molar-refractivity contribution in [3.63, 3.8) is 0 Å². The number of carbonyl (C=O) groups excluding carboxylic acids is 1. The maximum atomic E-state index is 10.1. The first-order valence-electron chi connectivity index (χ1n) is 4.62. The SMILES string of the molecule is C=C(C)[C-]=O.[CH2-][N+](C)(C)CCCS(=O)(=O)[O-].[Y+3]. The molecule has 0 aromatic carbocycles. The molecule has 0 heterocycles. The molecule has 0 amide bonds.